The molecule has 0 radical (unpaired) electrons. The highest BCUT2D eigenvalue weighted by molar-refractivity contribution is 6.07. The lowest BCUT2D eigenvalue weighted by molar-refractivity contribution is -0.136. The molecule has 0 aromatic heterocycles. The maximum atomic E-state index is 13.3. The molecule has 4 rings (SSSR count). The first-order chi connectivity index (χ1) is 16.5. The number of carbonyl (C=O) groups is 4. The van der Waals surface area contributed by atoms with Crippen molar-refractivity contribution >= 4 is 29.3 Å². The lowest BCUT2D eigenvalue weighted by Gasteiger charge is -2.26. The van der Waals surface area contributed by atoms with E-state index in [9.17, 15) is 19.2 Å². The second kappa shape index (κ2) is 10.4. The van der Waals surface area contributed by atoms with Crippen molar-refractivity contribution in [2.75, 3.05) is 25.5 Å². The van der Waals surface area contributed by atoms with Gasteiger partial charge in [0.15, 0.2) is 0 Å². The van der Waals surface area contributed by atoms with Crippen molar-refractivity contribution in [2.45, 2.75) is 37.8 Å². The van der Waals surface area contributed by atoms with Crippen molar-refractivity contribution in [3.63, 3.8) is 0 Å². The molecule has 2 aromatic rings. The van der Waals surface area contributed by atoms with E-state index in [4.69, 9.17) is 4.74 Å². The van der Waals surface area contributed by atoms with E-state index >= 15 is 0 Å². The average molecular weight is 465 g/mol. The van der Waals surface area contributed by atoms with E-state index in [1.807, 2.05) is 30.3 Å². The summed E-state index contributed by atoms with van der Waals surface area (Å²) in [6.07, 6.45) is 1.60. The van der Waals surface area contributed by atoms with Crippen molar-refractivity contribution < 1.29 is 23.9 Å². The number of ether oxygens (including phenoxy) is 1. The highest BCUT2D eigenvalue weighted by atomic mass is 16.5. The quantitative estimate of drug-likeness (QED) is 0.636. The van der Waals surface area contributed by atoms with Crippen LogP contribution >= 0.6 is 0 Å². The minimum atomic E-state index is -0.873. The number of fused-ring (bicyclic) bond motifs is 2. The first kappa shape index (κ1) is 23.3. The summed E-state index contributed by atoms with van der Waals surface area (Å²) in [5, 5.41) is 8.38. The fourth-order valence-electron chi connectivity index (χ4n) is 4.36. The minimum absolute atomic E-state index is 0.0787. The summed E-state index contributed by atoms with van der Waals surface area (Å²) >= 11 is 0. The lowest BCUT2D eigenvalue weighted by Crippen LogP contribution is -2.50. The molecule has 9 heteroatoms. The summed E-state index contributed by atoms with van der Waals surface area (Å²) in [5.41, 5.74) is 1.34. The Labute approximate surface area is 197 Å². The van der Waals surface area contributed by atoms with Crippen LogP contribution in [0.15, 0.2) is 48.5 Å². The molecule has 4 amide bonds. The molecule has 0 spiro atoms. The largest absolute Gasteiger partial charge is 0.497 e. The topological polar surface area (TPSA) is 117 Å². The van der Waals surface area contributed by atoms with Crippen LogP contribution in [-0.4, -0.2) is 60.8 Å². The van der Waals surface area contributed by atoms with E-state index < -0.39 is 18.0 Å². The number of hydrogen-bond acceptors (Lipinski definition) is 5. The zero-order chi connectivity index (χ0) is 24.1. The van der Waals surface area contributed by atoms with Gasteiger partial charge in [0.25, 0.3) is 5.91 Å². The first-order valence-corrected chi connectivity index (χ1v) is 11.4. The number of carbonyl (C=O) groups excluding carboxylic acids is 4. The predicted octanol–water partition coefficient (Wildman–Crippen LogP) is 1.49. The summed E-state index contributed by atoms with van der Waals surface area (Å²) in [5.74, 6) is -0.984. The van der Waals surface area contributed by atoms with Gasteiger partial charge < -0.3 is 25.6 Å². The summed E-state index contributed by atoms with van der Waals surface area (Å²) in [7, 11) is 1.48. The number of rotatable bonds is 3. The third kappa shape index (κ3) is 5.19. The lowest BCUT2D eigenvalue weighted by atomic mass is 10.0. The summed E-state index contributed by atoms with van der Waals surface area (Å²) < 4.78 is 5.27. The van der Waals surface area contributed by atoms with E-state index in [0.717, 1.165) is 5.56 Å². The highest BCUT2D eigenvalue weighted by Gasteiger charge is 2.35. The SMILES string of the molecule is COc1ccc2c(c1)C(=O)N[C@@H](Cc1ccccc1)C(=O)NCCC(=O)N1CCC[C@@H]1C(=O)N2. The van der Waals surface area contributed by atoms with Gasteiger partial charge in [0.2, 0.25) is 17.7 Å². The van der Waals surface area contributed by atoms with Gasteiger partial charge in [-0.05, 0) is 36.6 Å². The number of benzene rings is 2. The normalized spacial score (nSPS) is 21.5. The minimum Gasteiger partial charge on any atom is -0.497 e. The van der Waals surface area contributed by atoms with E-state index in [1.54, 1.807) is 17.0 Å². The van der Waals surface area contributed by atoms with Crippen LogP contribution in [0, 0.1) is 0 Å². The standard InChI is InChI=1S/C25H28N4O5/c1-34-17-9-10-19-18(15-17)23(31)28-20(14-16-6-3-2-4-7-16)24(32)26-12-11-22(30)29-13-5-8-21(29)25(33)27-19/h2-4,6-7,9-10,15,20-21H,5,8,11-14H2,1H3,(H,26,32)(H,27,33)(H,28,31)/t20-,21+/m0/s1. The van der Waals surface area contributed by atoms with Crippen LogP contribution in [0.4, 0.5) is 5.69 Å². The van der Waals surface area contributed by atoms with E-state index in [0.29, 0.717) is 30.8 Å². The van der Waals surface area contributed by atoms with Crippen LogP contribution in [0.5, 0.6) is 5.75 Å². The van der Waals surface area contributed by atoms with Gasteiger partial charge in [0.1, 0.15) is 17.8 Å². The summed E-state index contributed by atoms with van der Waals surface area (Å²) in [6.45, 7) is 0.603. The number of methoxy groups -OCH3 is 1. The first-order valence-electron chi connectivity index (χ1n) is 11.4. The molecular formula is C25H28N4O5. The average Bonchev–Trinajstić information content (AvgIpc) is 3.34. The summed E-state index contributed by atoms with van der Waals surface area (Å²) in [4.78, 5) is 53.7. The molecule has 3 N–H and O–H groups in total. The van der Waals surface area contributed by atoms with Crippen LogP contribution in [-0.2, 0) is 20.8 Å². The third-order valence-electron chi connectivity index (χ3n) is 6.15. The number of nitrogens with one attached hydrogen (secondary N) is 3. The molecule has 2 heterocycles. The molecule has 2 atom stereocenters. The van der Waals surface area contributed by atoms with Crippen LogP contribution in [0.1, 0.15) is 35.2 Å². The van der Waals surface area contributed by atoms with Crippen molar-refractivity contribution in [3.05, 3.63) is 59.7 Å². The molecule has 0 bridgehead atoms. The molecule has 2 aliphatic heterocycles. The van der Waals surface area contributed by atoms with Crippen molar-refractivity contribution in [1.82, 2.24) is 15.5 Å². The van der Waals surface area contributed by atoms with Gasteiger partial charge in [-0.2, -0.15) is 0 Å². The van der Waals surface area contributed by atoms with Crippen LogP contribution < -0.4 is 20.7 Å². The molecule has 34 heavy (non-hydrogen) atoms. The predicted molar refractivity (Wildman–Crippen MR) is 125 cm³/mol. The molecule has 2 aliphatic rings. The highest BCUT2D eigenvalue weighted by Crippen LogP contribution is 2.25. The Kier molecular flexibility index (Phi) is 7.10. The monoisotopic (exact) mass is 464 g/mol. The van der Waals surface area contributed by atoms with Gasteiger partial charge in [-0.3, -0.25) is 19.2 Å². The Morgan fingerprint density at radius 3 is 2.59 bits per heavy atom. The third-order valence-corrected chi connectivity index (χ3v) is 6.15. The fraction of sp³-hybridized carbons (Fsp3) is 0.360. The molecule has 0 aliphatic carbocycles. The van der Waals surface area contributed by atoms with Gasteiger partial charge in [-0.1, -0.05) is 30.3 Å². The number of hydrogen-bond donors (Lipinski definition) is 3. The number of anilines is 1. The molecular weight excluding hydrogens is 436 g/mol. The molecule has 178 valence electrons. The Morgan fingerprint density at radius 2 is 1.82 bits per heavy atom. The molecule has 2 aromatic carbocycles. The van der Waals surface area contributed by atoms with E-state index in [2.05, 4.69) is 16.0 Å². The number of nitrogens with zero attached hydrogens (tertiary/aromatic N) is 1. The maximum absolute atomic E-state index is 13.3. The zero-order valence-electron chi connectivity index (χ0n) is 19.0. The fourth-order valence-corrected chi connectivity index (χ4v) is 4.36. The van der Waals surface area contributed by atoms with Crippen LogP contribution in [0.25, 0.3) is 0 Å². The number of amides is 4. The summed E-state index contributed by atoms with van der Waals surface area (Å²) in [6, 6.07) is 12.6. The van der Waals surface area contributed by atoms with Gasteiger partial charge >= 0.3 is 0 Å². The van der Waals surface area contributed by atoms with Gasteiger partial charge in [-0.15, -0.1) is 0 Å². The Hall–Kier alpha value is -3.88. The Balaban J connectivity index is 1.69. The van der Waals surface area contributed by atoms with Gasteiger partial charge in [0, 0.05) is 25.9 Å². The van der Waals surface area contributed by atoms with E-state index in [1.165, 1.54) is 13.2 Å². The van der Waals surface area contributed by atoms with Crippen molar-refractivity contribution in [3.8, 4) is 5.75 Å². The molecule has 0 unspecified atom stereocenters. The molecule has 9 nitrogen and oxygen atoms in total. The van der Waals surface area contributed by atoms with Gasteiger partial charge in [0.05, 0.1) is 18.4 Å². The van der Waals surface area contributed by atoms with Crippen molar-refractivity contribution in [2.24, 2.45) is 0 Å². The maximum Gasteiger partial charge on any atom is 0.254 e. The molecule has 1 saturated heterocycles. The van der Waals surface area contributed by atoms with Crippen LogP contribution in [0.2, 0.25) is 0 Å². The van der Waals surface area contributed by atoms with Gasteiger partial charge in [-0.25, -0.2) is 0 Å². The second-order valence-corrected chi connectivity index (χ2v) is 8.40. The van der Waals surface area contributed by atoms with Crippen LogP contribution in [0.3, 0.4) is 0 Å². The zero-order valence-corrected chi connectivity index (χ0v) is 19.0. The Bertz CT molecular complexity index is 1090. The molecule has 1 fully saturated rings. The Morgan fingerprint density at radius 1 is 1.03 bits per heavy atom. The van der Waals surface area contributed by atoms with Crippen molar-refractivity contribution in [1.29, 1.82) is 0 Å². The smallest absolute Gasteiger partial charge is 0.254 e. The van der Waals surface area contributed by atoms with E-state index in [-0.39, 0.29) is 42.7 Å². The second-order valence-electron chi connectivity index (χ2n) is 8.40. The molecule has 0 saturated carbocycles.